The molecule has 5 rings (SSSR count). The molecule has 0 aromatic heterocycles. The molecule has 1 N–H and O–H groups in total. The van der Waals surface area contributed by atoms with Crippen LogP contribution < -0.4 is 0 Å². The van der Waals surface area contributed by atoms with Gasteiger partial charge in [0, 0.05) is 24.9 Å². The summed E-state index contributed by atoms with van der Waals surface area (Å²) in [7, 11) is 0. The minimum absolute atomic E-state index is 0.0471. The second-order valence-electron chi connectivity index (χ2n) is 13.7. The van der Waals surface area contributed by atoms with Crippen LogP contribution in [-0.4, -0.2) is 35.9 Å². The van der Waals surface area contributed by atoms with E-state index < -0.39 is 5.97 Å². The fourth-order valence-corrected chi connectivity index (χ4v) is 10.3. The van der Waals surface area contributed by atoms with Crippen LogP contribution in [-0.2, 0) is 19.1 Å². The van der Waals surface area contributed by atoms with E-state index >= 15 is 0 Å². The van der Waals surface area contributed by atoms with Crippen molar-refractivity contribution in [2.75, 3.05) is 6.61 Å². The number of aliphatic carboxylic acids is 1. The van der Waals surface area contributed by atoms with Gasteiger partial charge in [0.15, 0.2) is 6.29 Å². The van der Waals surface area contributed by atoms with Gasteiger partial charge in [-0.15, -0.1) is 0 Å². The molecule has 0 aromatic rings. The SMILES string of the molecule is CCC1C(=O)C2C(CC[C@@]3(C)C2CCC3[C@H](C)CCC(=O)O)[C@@]2(C)CC[C@@H](OC3CCCCO3)CC12. The maximum atomic E-state index is 14.3. The van der Waals surface area contributed by atoms with Crippen molar-refractivity contribution in [1.29, 1.82) is 0 Å². The number of carbonyl (C=O) groups excluding carboxylic acids is 1. The van der Waals surface area contributed by atoms with Gasteiger partial charge in [-0.2, -0.15) is 0 Å². The lowest BCUT2D eigenvalue weighted by Crippen LogP contribution is -2.61. The van der Waals surface area contributed by atoms with E-state index in [2.05, 4.69) is 27.7 Å². The highest BCUT2D eigenvalue weighted by atomic mass is 16.7. The number of ether oxygens (including phenoxy) is 2. The predicted octanol–water partition coefficient (Wildman–Crippen LogP) is 6.87. The summed E-state index contributed by atoms with van der Waals surface area (Å²) in [6.45, 7) is 10.3. The molecule has 0 radical (unpaired) electrons. The van der Waals surface area contributed by atoms with Gasteiger partial charge in [-0.05, 0) is 117 Å². The Kier molecular flexibility index (Phi) is 7.64. The quantitative estimate of drug-likeness (QED) is 0.384. The fourth-order valence-electron chi connectivity index (χ4n) is 10.3. The summed E-state index contributed by atoms with van der Waals surface area (Å²) in [4.78, 5) is 25.5. The molecule has 4 aliphatic carbocycles. The zero-order valence-electron chi connectivity index (χ0n) is 23.2. The Labute approximate surface area is 218 Å². The third-order valence-electron chi connectivity index (χ3n) is 12.2. The highest BCUT2D eigenvalue weighted by molar-refractivity contribution is 5.86. The number of fused-ring (bicyclic) bond motifs is 5. The van der Waals surface area contributed by atoms with E-state index in [1.807, 2.05) is 0 Å². The third kappa shape index (κ3) is 4.48. The van der Waals surface area contributed by atoms with E-state index in [1.54, 1.807) is 0 Å². The van der Waals surface area contributed by atoms with Crippen molar-refractivity contribution in [3.63, 3.8) is 0 Å². The van der Waals surface area contributed by atoms with Crippen molar-refractivity contribution in [1.82, 2.24) is 0 Å². The summed E-state index contributed by atoms with van der Waals surface area (Å²) in [5.41, 5.74) is 0.399. The van der Waals surface area contributed by atoms with Crippen molar-refractivity contribution >= 4 is 11.8 Å². The number of hydrogen-bond acceptors (Lipinski definition) is 4. The van der Waals surface area contributed by atoms with Crippen LogP contribution in [0.5, 0.6) is 0 Å². The highest BCUT2D eigenvalue weighted by Gasteiger charge is 2.65. The fraction of sp³-hybridized carbons (Fsp3) is 0.935. The first-order valence-corrected chi connectivity index (χ1v) is 15.2. The lowest BCUT2D eigenvalue weighted by atomic mass is 9.42. The van der Waals surface area contributed by atoms with E-state index in [9.17, 15) is 14.7 Å². The monoisotopic (exact) mass is 502 g/mol. The number of carboxylic acid groups (broad SMARTS) is 1. The normalized spacial score (nSPS) is 47.5. The van der Waals surface area contributed by atoms with Gasteiger partial charge in [0.1, 0.15) is 5.78 Å². The van der Waals surface area contributed by atoms with Gasteiger partial charge in [0.2, 0.25) is 0 Å². The number of ketones is 1. The highest BCUT2D eigenvalue weighted by Crippen LogP contribution is 2.68. The van der Waals surface area contributed by atoms with Gasteiger partial charge in [0.05, 0.1) is 6.10 Å². The second kappa shape index (κ2) is 10.3. The molecular weight excluding hydrogens is 452 g/mol. The number of rotatable bonds is 7. The molecule has 0 spiro atoms. The van der Waals surface area contributed by atoms with Crippen molar-refractivity contribution in [3.05, 3.63) is 0 Å². The van der Waals surface area contributed by atoms with Crippen molar-refractivity contribution < 1.29 is 24.2 Å². The number of hydrogen-bond donors (Lipinski definition) is 1. The zero-order chi connectivity index (χ0) is 25.7. The number of carbonyl (C=O) groups is 2. The molecule has 0 bridgehead atoms. The Morgan fingerprint density at radius 1 is 1.06 bits per heavy atom. The first kappa shape index (κ1) is 26.7. The molecule has 36 heavy (non-hydrogen) atoms. The van der Waals surface area contributed by atoms with E-state index in [1.165, 1.54) is 19.3 Å². The molecule has 5 aliphatic rings. The molecule has 7 unspecified atom stereocenters. The lowest BCUT2D eigenvalue weighted by molar-refractivity contribution is -0.216. The predicted molar refractivity (Wildman–Crippen MR) is 139 cm³/mol. The summed E-state index contributed by atoms with van der Waals surface area (Å²) in [5, 5.41) is 9.24. The topological polar surface area (TPSA) is 72.8 Å². The van der Waals surface area contributed by atoms with Crippen molar-refractivity contribution in [2.24, 2.45) is 52.3 Å². The van der Waals surface area contributed by atoms with Crippen LogP contribution in [0.2, 0.25) is 0 Å². The molecule has 4 saturated carbocycles. The van der Waals surface area contributed by atoms with Gasteiger partial charge >= 0.3 is 5.97 Å². The summed E-state index contributed by atoms with van der Waals surface area (Å²) in [6, 6.07) is 0. The largest absolute Gasteiger partial charge is 0.481 e. The van der Waals surface area contributed by atoms with Gasteiger partial charge in [0.25, 0.3) is 0 Å². The molecule has 1 heterocycles. The molecule has 0 aromatic carbocycles. The Hall–Kier alpha value is -0.940. The molecular formula is C31H50O5. The van der Waals surface area contributed by atoms with Crippen LogP contribution in [0, 0.1) is 52.3 Å². The number of Topliss-reactive ketones (excluding diaryl/α,β-unsaturated/α-hetero) is 1. The third-order valence-corrected chi connectivity index (χ3v) is 12.2. The van der Waals surface area contributed by atoms with Gasteiger partial charge in [-0.1, -0.05) is 27.7 Å². The smallest absolute Gasteiger partial charge is 0.303 e. The van der Waals surface area contributed by atoms with E-state index in [4.69, 9.17) is 9.47 Å². The number of carboxylic acids is 1. The molecule has 5 heteroatoms. The molecule has 1 saturated heterocycles. The van der Waals surface area contributed by atoms with Crippen LogP contribution >= 0.6 is 0 Å². The molecule has 0 amide bonds. The first-order chi connectivity index (χ1) is 17.2. The average Bonchev–Trinajstić information content (AvgIpc) is 3.21. The standard InChI is InChI=1S/C31H50O5/c1-5-21-25-18-20(36-27-8-6-7-17-35-27)13-15-31(25,4)24-14-16-30(3)22(19(2)9-12-26(32)33)10-11-23(30)28(24)29(21)34/h19-25,27-28H,5-18H2,1-4H3,(H,32,33)/t19-,20-,21?,22?,23?,24?,25?,27?,28?,30-,31-/m1/s1. The molecule has 5 nitrogen and oxygen atoms in total. The molecule has 11 atom stereocenters. The Balaban J connectivity index is 1.34. The minimum atomic E-state index is -0.688. The summed E-state index contributed by atoms with van der Waals surface area (Å²) < 4.78 is 12.4. The van der Waals surface area contributed by atoms with Crippen molar-refractivity contribution in [3.8, 4) is 0 Å². The zero-order valence-corrected chi connectivity index (χ0v) is 23.2. The van der Waals surface area contributed by atoms with Crippen molar-refractivity contribution in [2.45, 2.75) is 124 Å². The second-order valence-corrected chi connectivity index (χ2v) is 13.7. The van der Waals surface area contributed by atoms with Crippen LogP contribution in [0.3, 0.4) is 0 Å². The van der Waals surface area contributed by atoms with Gasteiger partial charge in [-0.3, -0.25) is 9.59 Å². The summed E-state index contributed by atoms with van der Waals surface area (Å²) in [6.07, 6.45) is 13.4. The van der Waals surface area contributed by atoms with E-state index in [-0.39, 0.29) is 41.5 Å². The minimum Gasteiger partial charge on any atom is -0.481 e. The Bertz CT molecular complexity index is 820. The average molecular weight is 503 g/mol. The van der Waals surface area contributed by atoms with Crippen LogP contribution in [0.15, 0.2) is 0 Å². The lowest BCUT2D eigenvalue weighted by Gasteiger charge is -2.62. The van der Waals surface area contributed by atoms with E-state index in [0.29, 0.717) is 35.4 Å². The van der Waals surface area contributed by atoms with Crippen LogP contribution in [0.4, 0.5) is 0 Å². The molecule has 1 aliphatic heterocycles. The van der Waals surface area contributed by atoms with Crippen LogP contribution in [0.25, 0.3) is 0 Å². The summed E-state index contributed by atoms with van der Waals surface area (Å²) in [5.74, 6) is 2.57. The first-order valence-electron chi connectivity index (χ1n) is 15.2. The van der Waals surface area contributed by atoms with E-state index in [0.717, 1.165) is 64.4 Å². The summed E-state index contributed by atoms with van der Waals surface area (Å²) >= 11 is 0. The Morgan fingerprint density at radius 2 is 1.81 bits per heavy atom. The molecule has 5 fully saturated rings. The van der Waals surface area contributed by atoms with Gasteiger partial charge in [-0.25, -0.2) is 0 Å². The van der Waals surface area contributed by atoms with Gasteiger partial charge < -0.3 is 14.6 Å². The maximum absolute atomic E-state index is 14.3. The maximum Gasteiger partial charge on any atom is 0.303 e. The Morgan fingerprint density at radius 3 is 2.50 bits per heavy atom. The van der Waals surface area contributed by atoms with Crippen LogP contribution in [0.1, 0.15) is 111 Å². The molecule has 204 valence electrons.